The molecule has 3 N–H and O–H groups in total. The van der Waals surface area contributed by atoms with Crippen molar-refractivity contribution in [2.45, 2.75) is 31.2 Å². The fraction of sp³-hybridized carbons (Fsp3) is 0.692. The molecule has 3 rings (SSSR count). The number of carbonyl (C=O) groups is 1. The highest BCUT2D eigenvalue weighted by atomic mass is 19.3. The SMILES string of the molecule is CN1C(=O)C(CN)CN([C@@H]2CCC(F)(F)C2)c2[nH]ncc21. The molecule has 0 radical (unpaired) electrons. The molecule has 1 aliphatic carbocycles. The van der Waals surface area contributed by atoms with Gasteiger partial charge >= 0.3 is 0 Å². The first-order valence-electron chi connectivity index (χ1n) is 7.08. The fourth-order valence-electron chi connectivity index (χ4n) is 3.23. The molecule has 1 fully saturated rings. The molecule has 8 heteroatoms. The van der Waals surface area contributed by atoms with Crippen LogP contribution in [0.5, 0.6) is 0 Å². The highest BCUT2D eigenvalue weighted by molar-refractivity contribution is 5.99. The van der Waals surface area contributed by atoms with Gasteiger partial charge in [0.05, 0.1) is 12.1 Å². The lowest BCUT2D eigenvalue weighted by molar-refractivity contribution is -0.121. The number of alkyl halides is 2. The highest BCUT2D eigenvalue weighted by Gasteiger charge is 2.44. The van der Waals surface area contributed by atoms with Crippen LogP contribution in [0.2, 0.25) is 0 Å². The molecular weight excluding hydrogens is 280 g/mol. The van der Waals surface area contributed by atoms with Crippen molar-refractivity contribution in [2.75, 3.05) is 29.9 Å². The van der Waals surface area contributed by atoms with Crippen LogP contribution in [0.4, 0.5) is 20.3 Å². The van der Waals surface area contributed by atoms with Gasteiger partial charge in [-0.1, -0.05) is 0 Å². The van der Waals surface area contributed by atoms with Crippen molar-refractivity contribution >= 4 is 17.4 Å². The molecule has 1 aromatic rings. The maximum Gasteiger partial charge on any atom is 0.250 e. The summed E-state index contributed by atoms with van der Waals surface area (Å²) in [5, 5.41) is 6.80. The van der Waals surface area contributed by atoms with Gasteiger partial charge in [-0.05, 0) is 6.42 Å². The van der Waals surface area contributed by atoms with E-state index in [4.69, 9.17) is 5.73 Å². The number of hydrogen-bond acceptors (Lipinski definition) is 4. The Bertz CT molecular complexity index is 546. The molecule has 1 saturated carbocycles. The second-order valence-corrected chi connectivity index (χ2v) is 5.84. The van der Waals surface area contributed by atoms with Gasteiger partial charge in [-0.15, -0.1) is 0 Å². The molecule has 1 aliphatic heterocycles. The Hall–Kier alpha value is -1.70. The Morgan fingerprint density at radius 2 is 2.33 bits per heavy atom. The average molecular weight is 299 g/mol. The number of aromatic amines is 1. The van der Waals surface area contributed by atoms with E-state index in [1.807, 2.05) is 4.90 Å². The predicted molar refractivity (Wildman–Crippen MR) is 74.5 cm³/mol. The van der Waals surface area contributed by atoms with Crippen LogP contribution in [0.1, 0.15) is 19.3 Å². The minimum atomic E-state index is -2.63. The molecule has 2 atom stereocenters. The standard InChI is InChI=1S/C13H19F2N5O/c1-19-10-6-17-18-11(10)20(7-8(5-16)12(19)21)9-2-3-13(14,15)4-9/h6,8-9H,2-5,7,16H2,1H3,(H,17,18)/t8?,9-/m1/s1. The molecule has 1 aromatic heterocycles. The zero-order valence-corrected chi connectivity index (χ0v) is 11.9. The number of carbonyl (C=O) groups excluding carboxylic acids is 1. The fourth-order valence-corrected chi connectivity index (χ4v) is 3.23. The number of nitrogens with zero attached hydrogens (tertiary/aromatic N) is 3. The summed E-state index contributed by atoms with van der Waals surface area (Å²) in [6.07, 6.45) is 1.64. The van der Waals surface area contributed by atoms with Crippen LogP contribution in [0.15, 0.2) is 6.20 Å². The van der Waals surface area contributed by atoms with Crippen LogP contribution in [-0.4, -0.2) is 48.2 Å². The van der Waals surface area contributed by atoms with Gasteiger partial charge in [-0.2, -0.15) is 5.10 Å². The second kappa shape index (κ2) is 4.94. The molecule has 0 spiro atoms. The minimum Gasteiger partial charge on any atom is -0.351 e. The normalized spacial score (nSPS) is 28.7. The van der Waals surface area contributed by atoms with E-state index in [1.165, 1.54) is 4.90 Å². The van der Waals surface area contributed by atoms with Crippen LogP contribution >= 0.6 is 0 Å². The summed E-state index contributed by atoms with van der Waals surface area (Å²) in [4.78, 5) is 15.7. The summed E-state index contributed by atoms with van der Waals surface area (Å²) in [5.74, 6) is -2.51. The van der Waals surface area contributed by atoms with E-state index >= 15 is 0 Å². The molecule has 116 valence electrons. The predicted octanol–water partition coefficient (Wildman–Crippen LogP) is 0.955. The maximum atomic E-state index is 13.5. The molecule has 1 unspecified atom stereocenters. The van der Waals surface area contributed by atoms with Crippen molar-refractivity contribution in [2.24, 2.45) is 11.7 Å². The molecule has 0 saturated heterocycles. The van der Waals surface area contributed by atoms with Gasteiger partial charge in [0.1, 0.15) is 11.5 Å². The molecule has 1 amide bonds. The van der Waals surface area contributed by atoms with E-state index in [9.17, 15) is 13.6 Å². The van der Waals surface area contributed by atoms with Crippen LogP contribution in [0.25, 0.3) is 0 Å². The van der Waals surface area contributed by atoms with Gasteiger partial charge in [0.2, 0.25) is 11.8 Å². The van der Waals surface area contributed by atoms with Crippen molar-refractivity contribution in [3.8, 4) is 0 Å². The van der Waals surface area contributed by atoms with Gasteiger partial charge in [0.15, 0.2) is 0 Å². The van der Waals surface area contributed by atoms with E-state index in [0.29, 0.717) is 24.5 Å². The molecule has 21 heavy (non-hydrogen) atoms. The van der Waals surface area contributed by atoms with Gasteiger partial charge < -0.3 is 15.5 Å². The lowest BCUT2D eigenvalue weighted by Gasteiger charge is -2.30. The average Bonchev–Trinajstić information content (AvgIpc) is 3.03. The zero-order valence-electron chi connectivity index (χ0n) is 11.9. The first-order chi connectivity index (χ1) is 9.93. The lowest BCUT2D eigenvalue weighted by atomic mass is 10.1. The first-order valence-corrected chi connectivity index (χ1v) is 7.08. The number of aromatic nitrogens is 2. The number of H-pyrrole nitrogens is 1. The van der Waals surface area contributed by atoms with Crippen LogP contribution in [-0.2, 0) is 4.79 Å². The zero-order chi connectivity index (χ0) is 15.2. The molecule has 2 heterocycles. The number of anilines is 2. The number of hydrogen-bond donors (Lipinski definition) is 2. The van der Waals surface area contributed by atoms with Crippen molar-refractivity contribution in [3.05, 3.63) is 6.20 Å². The van der Waals surface area contributed by atoms with Gasteiger partial charge in [0.25, 0.3) is 0 Å². The highest BCUT2D eigenvalue weighted by Crippen LogP contribution is 2.41. The number of nitrogens with two attached hydrogens (primary N) is 1. The van der Waals surface area contributed by atoms with Gasteiger partial charge in [-0.25, -0.2) is 8.78 Å². The van der Waals surface area contributed by atoms with E-state index in [1.54, 1.807) is 13.2 Å². The number of halogens is 2. The molecule has 0 bridgehead atoms. The summed E-state index contributed by atoms with van der Waals surface area (Å²) in [5.41, 5.74) is 6.31. The van der Waals surface area contributed by atoms with E-state index in [2.05, 4.69) is 10.2 Å². The van der Waals surface area contributed by atoms with Crippen molar-refractivity contribution in [3.63, 3.8) is 0 Å². The Morgan fingerprint density at radius 1 is 1.57 bits per heavy atom. The Balaban J connectivity index is 1.96. The Kier molecular flexibility index (Phi) is 3.35. The number of fused-ring (bicyclic) bond motifs is 1. The van der Waals surface area contributed by atoms with E-state index < -0.39 is 11.8 Å². The van der Waals surface area contributed by atoms with Crippen LogP contribution in [0, 0.1) is 5.92 Å². The summed E-state index contributed by atoms with van der Waals surface area (Å²) >= 11 is 0. The smallest absolute Gasteiger partial charge is 0.250 e. The number of amides is 1. The second-order valence-electron chi connectivity index (χ2n) is 5.84. The summed E-state index contributed by atoms with van der Waals surface area (Å²) < 4.78 is 27.1. The lowest BCUT2D eigenvalue weighted by Crippen LogP contribution is -2.43. The first kappa shape index (κ1) is 14.2. The largest absolute Gasteiger partial charge is 0.351 e. The van der Waals surface area contributed by atoms with Gasteiger partial charge in [-0.3, -0.25) is 9.89 Å². The third-order valence-corrected chi connectivity index (χ3v) is 4.45. The topological polar surface area (TPSA) is 78.2 Å². The molecule has 2 aliphatic rings. The van der Waals surface area contributed by atoms with Crippen LogP contribution < -0.4 is 15.5 Å². The van der Waals surface area contributed by atoms with Crippen molar-refractivity contribution in [1.29, 1.82) is 0 Å². The number of nitrogens with one attached hydrogen (secondary N) is 1. The van der Waals surface area contributed by atoms with Crippen molar-refractivity contribution in [1.82, 2.24) is 10.2 Å². The summed E-state index contributed by atoms with van der Waals surface area (Å²) in [6.45, 7) is 0.538. The minimum absolute atomic E-state index is 0.104. The quantitative estimate of drug-likeness (QED) is 0.852. The maximum absolute atomic E-state index is 13.5. The summed E-state index contributed by atoms with van der Waals surface area (Å²) in [6, 6.07) is -0.299. The summed E-state index contributed by atoms with van der Waals surface area (Å²) in [7, 11) is 1.66. The monoisotopic (exact) mass is 299 g/mol. The Labute approximate surface area is 121 Å². The third-order valence-electron chi connectivity index (χ3n) is 4.45. The number of rotatable bonds is 2. The van der Waals surface area contributed by atoms with Crippen LogP contribution in [0.3, 0.4) is 0 Å². The Morgan fingerprint density at radius 3 is 2.95 bits per heavy atom. The third kappa shape index (κ3) is 2.37. The van der Waals surface area contributed by atoms with E-state index in [-0.39, 0.29) is 31.3 Å². The molecule has 0 aromatic carbocycles. The van der Waals surface area contributed by atoms with Crippen molar-refractivity contribution < 1.29 is 13.6 Å². The van der Waals surface area contributed by atoms with E-state index in [0.717, 1.165) is 0 Å². The molecule has 6 nitrogen and oxygen atoms in total. The van der Waals surface area contributed by atoms with Gasteiger partial charge in [0, 0.05) is 39.0 Å². The molecular formula is C13H19F2N5O.